The first-order valence-corrected chi connectivity index (χ1v) is 7.53. The number of nitrogens with zero attached hydrogens (tertiary/aromatic N) is 1. The van der Waals surface area contributed by atoms with E-state index in [2.05, 4.69) is 37.4 Å². The van der Waals surface area contributed by atoms with Gasteiger partial charge < -0.3 is 0 Å². The fourth-order valence-electron chi connectivity index (χ4n) is 2.32. The topological polar surface area (TPSA) is 35.8 Å². The van der Waals surface area contributed by atoms with E-state index in [1.54, 1.807) is 0 Å². The first kappa shape index (κ1) is 13.5. The van der Waals surface area contributed by atoms with E-state index < -0.39 is 5.54 Å². The molecule has 0 amide bonds. The second-order valence-electron chi connectivity index (χ2n) is 5.54. The van der Waals surface area contributed by atoms with Gasteiger partial charge >= 0.3 is 0 Å². The molecule has 0 radical (unpaired) electrons. The highest BCUT2D eigenvalue weighted by molar-refractivity contribution is 7.99. The van der Waals surface area contributed by atoms with E-state index in [0.717, 1.165) is 24.5 Å². The summed E-state index contributed by atoms with van der Waals surface area (Å²) in [6, 6.07) is 12.8. The molecule has 0 aliphatic carbocycles. The Bertz CT molecular complexity index is 436. The summed E-state index contributed by atoms with van der Waals surface area (Å²) < 4.78 is 0. The molecule has 1 aromatic carbocycles. The lowest BCUT2D eigenvalue weighted by molar-refractivity contribution is 0.181. The minimum absolute atomic E-state index is 0.0295. The molecule has 1 N–H and O–H groups in total. The molecule has 1 aliphatic rings. The minimum Gasteiger partial charge on any atom is -0.294 e. The van der Waals surface area contributed by atoms with Gasteiger partial charge in [-0.1, -0.05) is 44.2 Å². The second kappa shape index (κ2) is 5.34. The van der Waals surface area contributed by atoms with Crippen LogP contribution in [-0.4, -0.2) is 17.0 Å². The predicted molar refractivity (Wildman–Crippen MR) is 77.3 cm³/mol. The van der Waals surface area contributed by atoms with Gasteiger partial charge in [0.2, 0.25) is 0 Å². The van der Waals surface area contributed by atoms with Gasteiger partial charge in [-0.2, -0.15) is 17.0 Å². The van der Waals surface area contributed by atoms with E-state index in [1.165, 1.54) is 5.56 Å². The van der Waals surface area contributed by atoms with Crippen molar-refractivity contribution in [1.29, 1.82) is 5.26 Å². The maximum atomic E-state index is 9.63. The Morgan fingerprint density at radius 2 is 2.06 bits per heavy atom. The third-order valence-corrected chi connectivity index (χ3v) is 5.10. The molecule has 3 heteroatoms. The van der Waals surface area contributed by atoms with Crippen LogP contribution >= 0.6 is 11.8 Å². The zero-order valence-electron chi connectivity index (χ0n) is 11.1. The van der Waals surface area contributed by atoms with Crippen molar-refractivity contribution in [3.63, 3.8) is 0 Å². The summed E-state index contributed by atoms with van der Waals surface area (Å²) in [6.45, 7) is 5.17. The molecule has 1 saturated heterocycles. The quantitative estimate of drug-likeness (QED) is 0.906. The third kappa shape index (κ3) is 2.55. The highest BCUT2D eigenvalue weighted by Crippen LogP contribution is 2.42. The monoisotopic (exact) mass is 260 g/mol. The van der Waals surface area contributed by atoms with Crippen LogP contribution in [-0.2, 0) is 6.54 Å². The van der Waals surface area contributed by atoms with Gasteiger partial charge in [0, 0.05) is 12.3 Å². The lowest BCUT2D eigenvalue weighted by atomic mass is 9.71. The molecule has 0 bridgehead atoms. The van der Waals surface area contributed by atoms with E-state index in [1.807, 2.05) is 30.0 Å². The molecule has 0 spiro atoms. The normalized spacial score (nSPS) is 26.5. The molecule has 2 nitrogen and oxygen atoms in total. The van der Waals surface area contributed by atoms with Crippen LogP contribution in [0.2, 0.25) is 0 Å². The Labute approximate surface area is 114 Å². The van der Waals surface area contributed by atoms with Crippen molar-refractivity contribution < 1.29 is 0 Å². The minimum atomic E-state index is -0.411. The molecule has 1 fully saturated rings. The first-order valence-electron chi connectivity index (χ1n) is 6.38. The van der Waals surface area contributed by atoms with Crippen LogP contribution in [0.5, 0.6) is 0 Å². The van der Waals surface area contributed by atoms with E-state index in [9.17, 15) is 5.26 Å². The summed E-state index contributed by atoms with van der Waals surface area (Å²) >= 11 is 1.88. The van der Waals surface area contributed by atoms with E-state index >= 15 is 0 Å². The van der Waals surface area contributed by atoms with Gasteiger partial charge in [-0.25, -0.2) is 0 Å². The van der Waals surface area contributed by atoms with Crippen LogP contribution in [0.15, 0.2) is 30.3 Å². The SMILES string of the molecule is CC1(C)CCSCC1(C#N)NCc1ccccc1. The first-order chi connectivity index (χ1) is 8.60. The van der Waals surface area contributed by atoms with E-state index in [4.69, 9.17) is 0 Å². The number of hydrogen-bond donors (Lipinski definition) is 1. The smallest absolute Gasteiger partial charge is 0.121 e. The van der Waals surface area contributed by atoms with Crippen molar-refractivity contribution >= 4 is 11.8 Å². The molecular formula is C15H20N2S. The van der Waals surface area contributed by atoms with Gasteiger partial charge in [0.1, 0.15) is 5.54 Å². The number of nitrogens with one attached hydrogen (secondary N) is 1. The molecule has 1 unspecified atom stereocenters. The van der Waals surface area contributed by atoms with Gasteiger partial charge in [0.25, 0.3) is 0 Å². The van der Waals surface area contributed by atoms with E-state index in [0.29, 0.717) is 0 Å². The predicted octanol–water partition coefficient (Wildman–Crippen LogP) is 3.20. The van der Waals surface area contributed by atoms with Crippen LogP contribution in [0.25, 0.3) is 0 Å². The van der Waals surface area contributed by atoms with Gasteiger partial charge in [-0.15, -0.1) is 0 Å². The highest BCUT2D eigenvalue weighted by Gasteiger charge is 2.47. The number of thioether (sulfide) groups is 1. The summed E-state index contributed by atoms with van der Waals surface area (Å²) in [5, 5.41) is 13.1. The van der Waals surface area contributed by atoms with Gasteiger partial charge in [0.05, 0.1) is 6.07 Å². The Balaban J connectivity index is 2.11. The molecule has 1 aliphatic heterocycles. The molecule has 0 saturated carbocycles. The molecule has 1 atom stereocenters. The number of nitriles is 1. The van der Waals surface area contributed by atoms with Crippen molar-refractivity contribution in [2.45, 2.75) is 32.4 Å². The van der Waals surface area contributed by atoms with Crippen molar-refractivity contribution in [3.8, 4) is 6.07 Å². The van der Waals surface area contributed by atoms with Crippen LogP contribution < -0.4 is 5.32 Å². The van der Waals surface area contributed by atoms with Gasteiger partial charge in [-0.05, 0) is 23.2 Å². The van der Waals surface area contributed by atoms with Crippen LogP contribution in [0.3, 0.4) is 0 Å². The fraction of sp³-hybridized carbons (Fsp3) is 0.533. The van der Waals surface area contributed by atoms with Crippen LogP contribution in [0, 0.1) is 16.7 Å². The summed E-state index contributed by atoms with van der Waals surface area (Å²) in [5.74, 6) is 2.03. The largest absolute Gasteiger partial charge is 0.294 e. The van der Waals surface area contributed by atoms with Crippen molar-refractivity contribution in [2.24, 2.45) is 5.41 Å². The maximum absolute atomic E-state index is 9.63. The number of rotatable bonds is 3. The zero-order chi connectivity index (χ0) is 13.1. The molecular weight excluding hydrogens is 240 g/mol. The summed E-state index contributed by atoms with van der Waals surface area (Å²) in [7, 11) is 0. The molecule has 96 valence electrons. The highest BCUT2D eigenvalue weighted by atomic mass is 32.2. The van der Waals surface area contributed by atoms with Gasteiger partial charge in [-0.3, -0.25) is 5.32 Å². The summed E-state index contributed by atoms with van der Waals surface area (Å²) in [4.78, 5) is 0. The Morgan fingerprint density at radius 3 is 2.67 bits per heavy atom. The van der Waals surface area contributed by atoms with Crippen molar-refractivity contribution in [2.75, 3.05) is 11.5 Å². The third-order valence-electron chi connectivity index (χ3n) is 3.97. The average molecular weight is 260 g/mol. The van der Waals surface area contributed by atoms with Crippen molar-refractivity contribution in [3.05, 3.63) is 35.9 Å². The lowest BCUT2D eigenvalue weighted by Crippen LogP contribution is -2.58. The molecule has 1 aromatic rings. The van der Waals surface area contributed by atoms with Crippen LogP contribution in [0.4, 0.5) is 0 Å². The van der Waals surface area contributed by atoms with Crippen LogP contribution in [0.1, 0.15) is 25.8 Å². The maximum Gasteiger partial charge on any atom is 0.121 e. The number of benzene rings is 1. The molecule has 0 aromatic heterocycles. The van der Waals surface area contributed by atoms with E-state index in [-0.39, 0.29) is 5.41 Å². The fourth-order valence-corrected chi connectivity index (χ4v) is 3.99. The Hall–Kier alpha value is -0.980. The molecule has 18 heavy (non-hydrogen) atoms. The second-order valence-corrected chi connectivity index (χ2v) is 6.65. The zero-order valence-corrected chi connectivity index (χ0v) is 11.9. The van der Waals surface area contributed by atoms with Crippen molar-refractivity contribution in [1.82, 2.24) is 5.32 Å². The average Bonchev–Trinajstić information content (AvgIpc) is 2.39. The lowest BCUT2D eigenvalue weighted by Gasteiger charge is -2.45. The Morgan fingerprint density at radius 1 is 1.33 bits per heavy atom. The standard InChI is InChI=1S/C15H20N2S/c1-14(2)8-9-18-12-15(14,11-16)17-10-13-6-4-3-5-7-13/h3-7,17H,8-10,12H2,1-2H3. The van der Waals surface area contributed by atoms with Gasteiger partial charge in [0.15, 0.2) is 0 Å². The molecule has 1 heterocycles. The summed E-state index contributed by atoms with van der Waals surface area (Å²) in [5.41, 5.74) is 0.853. The molecule has 2 rings (SSSR count). The number of hydrogen-bond acceptors (Lipinski definition) is 3. The Kier molecular flexibility index (Phi) is 3.99. The summed E-state index contributed by atoms with van der Waals surface area (Å²) in [6.07, 6.45) is 1.09.